The molecule has 0 amide bonds. The van der Waals surface area contributed by atoms with E-state index >= 15 is 0 Å². The molecule has 0 fully saturated rings. The lowest BCUT2D eigenvalue weighted by atomic mass is 10.0. The van der Waals surface area contributed by atoms with Gasteiger partial charge in [0.05, 0.1) is 0 Å². The maximum absolute atomic E-state index is 12.8. The highest BCUT2D eigenvalue weighted by atomic mass is 16.6. The summed E-state index contributed by atoms with van der Waals surface area (Å²) in [7, 11) is 0. The molecule has 0 saturated heterocycles. The SMILES string of the molecule is CC/C=C\C/C=C\C/C=C\C/C=C\C/C=C\C/C=C\CCCCCCCCCCCCCCCCC(=O)OCC(COC(=O)CCCCCCCCCCC)OC(=O)CCCCCCCCCCCCCCC. The Morgan fingerprint density at radius 2 is 0.534 bits per heavy atom. The Morgan fingerprint density at radius 1 is 0.288 bits per heavy atom. The monoisotopic (exact) mass is 1020 g/mol. The van der Waals surface area contributed by atoms with E-state index in [2.05, 4.69) is 93.7 Å². The van der Waals surface area contributed by atoms with Crippen LogP contribution in [0.5, 0.6) is 0 Å². The number of carbonyl (C=O) groups is 3. The Morgan fingerprint density at radius 3 is 0.836 bits per heavy atom. The molecule has 1 atom stereocenters. The molecule has 0 spiro atoms. The molecule has 0 bridgehead atoms. The van der Waals surface area contributed by atoms with Gasteiger partial charge in [0.15, 0.2) is 6.10 Å². The molecule has 1 unspecified atom stereocenters. The highest BCUT2D eigenvalue weighted by molar-refractivity contribution is 5.71. The van der Waals surface area contributed by atoms with Crippen molar-refractivity contribution in [2.45, 2.75) is 322 Å². The van der Waals surface area contributed by atoms with Crippen LogP contribution in [0.1, 0.15) is 316 Å². The second-order valence-corrected chi connectivity index (χ2v) is 21.0. The van der Waals surface area contributed by atoms with E-state index in [1.54, 1.807) is 0 Å². The van der Waals surface area contributed by atoms with E-state index in [-0.39, 0.29) is 31.1 Å². The summed E-state index contributed by atoms with van der Waals surface area (Å²) in [6, 6.07) is 0. The van der Waals surface area contributed by atoms with Gasteiger partial charge in [-0.3, -0.25) is 14.4 Å². The molecule has 0 aromatic heterocycles. The van der Waals surface area contributed by atoms with Gasteiger partial charge in [0.25, 0.3) is 0 Å². The molecule has 6 heteroatoms. The van der Waals surface area contributed by atoms with Gasteiger partial charge in [0.1, 0.15) is 13.2 Å². The van der Waals surface area contributed by atoms with Gasteiger partial charge in [0, 0.05) is 19.3 Å². The van der Waals surface area contributed by atoms with Crippen molar-refractivity contribution in [3.05, 3.63) is 72.9 Å². The summed E-state index contributed by atoms with van der Waals surface area (Å²) in [5.74, 6) is -0.858. The molecule has 0 aliphatic heterocycles. The van der Waals surface area contributed by atoms with E-state index in [0.29, 0.717) is 19.3 Å². The lowest BCUT2D eigenvalue weighted by Crippen LogP contribution is -2.30. The molecule has 0 aliphatic rings. The van der Waals surface area contributed by atoms with Gasteiger partial charge in [-0.1, -0.05) is 299 Å². The van der Waals surface area contributed by atoms with Crippen molar-refractivity contribution in [1.29, 1.82) is 0 Å². The van der Waals surface area contributed by atoms with Crippen LogP contribution in [0, 0.1) is 0 Å². The summed E-state index contributed by atoms with van der Waals surface area (Å²) in [5, 5.41) is 0. The van der Waals surface area contributed by atoms with Gasteiger partial charge in [-0.15, -0.1) is 0 Å². The van der Waals surface area contributed by atoms with Crippen molar-refractivity contribution in [3.8, 4) is 0 Å². The Balaban J connectivity index is 4.06. The molecule has 0 aromatic rings. The third-order valence-corrected chi connectivity index (χ3v) is 13.7. The van der Waals surface area contributed by atoms with Gasteiger partial charge in [-0.05, 0) is 70.6 Å². The van der Waals surface area contributed by atoms with Crippen LogP contribution in [0.15, 0.2) is 72.9 Å². The summed E-state index contributed by atoms with van der Waals surface area (Å²) in [6.07, 6.45) is 79.3. The molecule has 73 heavy (non-hydrogen) atoms. The van der Waals surface area contributed by atoms with Crippen LogP contribution in [0.4, 0.5) is 0 Å². The number of esters is 3. The molecular formula is C67H118O6. The van der Waals surface area contributed by atoms with Crippen molar-refractivity contribution in [2.75, 3.05) is 13.2 Å². The zero-order valence-electron chi connectivity index (χ0n) is 48.4. The third kappa shape index (κ3) is 59.6. The Labute approximate surface area is 453 Å². The topological polar surface area (TPSA) is 78.9 Å². The summed E-state index contributed by atoms with van der Waals surface area (Å²) < 4.78 is 16.8. The first-order chi connectivity index (χ1) is 36.0. The average molecular weight is 1020 g/mol. The molecule has 422 valence electrons. The highest BCUT2D eigenvalue weighted by Crippen LogP contribution is 2.17. The smallest absolute Gasteiger partial charge is 0.306 e. The largest absolute Gasteiger partial charge is 0.462 e. The van der Waals surface area contributed by atoms with Crippen molar-refractivity contribution in [2.24, 2.45) is 0 Å². The average Bonchev–Trinajstić information content (AvgIpc) is 3.39. The summed E-state index contributed by atoms with van der Waals surface area (Å²) in [4.78, 5) is 38.1. The lowest BCUT2D eigenvalue weighted by molar-refractivity contribution is -0.167. The predicted octanol–water partition coefficient (Wildman–Crippen LogP) is 21.3. The first-order valence-corrected chi connectivity index (χ1v) is 31.4. The molecular weight excluding hydrogens is 901 g/mol. The fraction of sp³-hybridized carbons (Fsp3) is 0.776. The number of carbonyl (C=O) groups excluding carboxylic acids is 3. The van der Waals surface area contributed by atoms with Crippen LogP contribution in [-0.2, 0) is 28.6 Å². The number of ether oxygens (including phenoxy) is 3. The zero-order chi connectivity index (χ0) is 52.9. The van der Waals surface area contributed by atoms with Gasteiger partial charge in [-0.2, -0.15) is 0 Å². The van der Waals surface area contributed by atoms with Crippen LogP contribution in [0.25, 0.3) is 0 Å². The second-order valence-electron chi connectivity index (χ2n) is 21.0. The first-order valence-electron chi connectivity index (χ1n) is 31.4. The molecule has 0 saturated carbocycles. The molecule has 0 heterocycles. The number of unbranched alkanes of at least 4 members (excludes halogenated alkanes) is 34. The quantitative estimate of drug-likeness (QED) is 0.0261. The number of hydrogen-bond donors (Lipinski definition) is 0. The normalized spacial score (nSPS) is 12.5. The maximum atomic E-state index is 12.8. The van der Waals surface area contributed by atoms with Crippen LogP contribution in [-0.4, -0.2) is 37.2 Å². The second kappa shape index (κ2) is 61.4. The van der Waals surface area contributed by atoms with Gasteiger partial charge < -0.3 is 14.2 Å². The van der Waals surface area contributed by atoms with Gasteiger partial charge >= 0.3 is 17.9 Å². The molecule has 0 aliphatic carbocycles. The van der Waals surface area contributed by atoms with Gasteiger partial charge in [0.2, 0.25) is 0 Å². The fourth-order valence-corrected chi connectivity index (χ4v) is 9.04. The van der Waals surface area contributed by atoms with E-state index in [9.17, 15) is 14.4 Å². The first kappa shape index (κ1) is 69.8. The zero-order valence-corrected chi connectivity index (χ0v) is 48.4. The molecule has 6 nitrogen and oxygen atoms in total. The molecule has 0 radical (unpaired) electrons. The predicted molar refractivity (Wildman–Crippen MR) is 316 cm³/mol. The molecule has 0 rings (SSSR count). The van der Waals surface area contributed by atoms with Crippen molar-refractivity contribution < 1.29 is 28.6 Å². The van der Waals surface area contributed by atoms with Crippen LogP contribution in [0.3, 0.4) is 0 Å². The van der Waals surface area contributed by atoms with Crippen LogP contribution < -0.4 is 0 Å². The fourth-order valence-electron chi connectivity index (χ4n) is 9.04. The van der Waals surface area contributed by atoms with E-state index < -0.39 is 6.10 Å². The Kier molecular flexibility index (Phi) is 58.7. The lowest BCUT2D eigenvalue weighted by Gasteiger charge is -2.18. The minimum atomic E-state index is -0.768. The van der Waals surface area contributed by atoms with E-state index in [1.807, 2.05) is 0 Å². The minimum Gasteiger partial charge on any atom is -0.462 e. The minimum absolute atomic E-state index is 0.0692. The van der Waals surface area contributed by atoms with E-state index in [4.69, 9.17) is 14.2 Å². The number of allylic oxidation sites excluding steroid dienone is 12. The van der Waals surface area contributed by atoms with Crippen molar-refractivity contribution in [3.63, 3.8) is 0 Å². The van der Waals surface area contributed by atoms with Crippen molar-refractivity contribution in [1.82, 2.24) is 0 Å². The standard InChI is InChI=1S/C67H118O6/c1-4-7-10-13-16-19-21-23-24-25-26-27-28-29-30-31-32-33-34-35-36-37-38-39-40-41-42-44-45-48-51-54-57-60-66(69)72-63-64(62-71-65(68)59-56-53-50-47-18-15-12-9-6-3)73-67(70)61-58-55-52-49-46-43-22-20-17-14-11-8-5-2/h7,10,16,19,23-24,26-27,29-30,32-33,64H,4-6,8-9,11-15,17-18,20-22,25,28,31,34-63H2,1-3H3/b10-7-,19-16-,24-23-,27-26-,30-29-,33-32-. The van der Waals surface area contributed by atoms with Crippen LogP contribution >= 0.6 is 0 Å². The van der Waals surface area contributed by atoms with E-state index in [0.717, 1.165) is 96.3 Å². The van der Waals surface area contributed by atoms with Crippen molar-refractivity contribution >= 4 is 17.9 Å². The molecule has 0 N–H and O–H groups in total. The van der Waals surface area contributed by atoms with Gasteiger partial charge in [-0.25, -0.2) is 0 Å². The number of rotatable bonds is 57. The summed E-state index contributed by atoms with van der Waals surface area (Å²) in [6.45, 7) is 6.53. The van der Waals surface area contributed by atoms with E-state index in [1.165, 1.54) is 180 Å². The van der Waals surface area contributed by atoms with Crippen LogP contribution in [0.2, 0.25) is 0 Å². The third-order valence-electron chi connectivity index (χ3n) is 13.7. The highest BCUT2D eigenvalue weighted by Gasteiger charge is 2.19. The maximum Gasteiger partial charge on any atom is 0.306 e. The summed E-state index contributed by atoms with van der Waals surface area (Å²) >= 11 is 0. The Bertz CT molecular complexity index is 1360. The number of hydrogen-bond acceptors (Lipinski definition) is 6. The Hall–Kier alpha value is -3.15. The summed E-state index contributed by atoms with van der Waals surface area (Å²) in [5.41, 5.74) is 0. The molecule has 0 aromatic carbocycles.